The first-order chi connectivity index (χ1) is 8.42. The fourth-order valence-corrected chi connectivity index (χ4v) is 4.33. The molecule has 0 spiro atoms. The lowest BCUT2D eigenvalue weighted by molar-refractivity contribution is -0.432. The second kappa shape index (κ2) is 6.73. The highest BCUT2D eigenvalue weighted by Crippen LogP contribution is 2.33. The SMILES string of the molecule is Cc1cc(SOOO)c(O)cc1S(=O)(=O)CCBr. The van der Waals surface area contributed by atoms with Crippen molar-refractivity contribution in [2.45, 2.75) is 16.7 Å². The van der Waals surface area contributed by atoms with Crippen LogP contribution in [0.2, 0.25) is 0 Å². The zero-order chi connectivity index (χ0) is 13.8. The first-order valence-electron chi connectivity index (χ1n) is 4.69. The van der Waals surface area contributed by atoms with Crippen LogP contribution in [0.4, 0.5) is 0 Å². The number of aryl methyl sites for hydroxylation is 1. The van der Waals surface area contributed by atoms with Gasteiger partial charge in [-0.1, -0.05) is 21.0 Å². The standard InChI is InChI=1S/C9H11BrO6S2/c1-6-4-8(17-16-15-12)7(11)5-9(6)18(13,14)3-2-10/h4-5,11-12H,2-3H2,1H3. The van der Waals surface area contributed by atoms with Crippen LogP contribution < -0.4 is 0 Å². The maximum absolute atomic E-state index is 11.9. The second-order valence-corrected chi connectivity index (χ2v) is 6.93. The maximum atomic E-state index is 11.9. The van der Waals surface area contributed by atoms with E-state index in [1.54, 1.807) is 6.92 Å². The van der Waals surface area contributed by atoms with Crippen LogP contribution in [-0.4, -0.2) is 29.9 Å². The molecule has 0 saturated carbocycles. The molecule has 9 heteroatoms. The number of alkyl halides is 1. The third kappa shape index (κ3) is 3.84. The number of hydrogen-bond acceptors (Lipinski definition) is 7. The van der Waals surface area contributed by atoms with Gasteiger partial charge in [0.2, 0.25) is 0 Å². The first kappa shape index (κ1) is 15.7. The summed E-state index contributed by atoms with van der Waals surface area (Å²) in [5.74, 6) is -0.327. The Labute approximate surface area is 117 Å². The normalized spacial score (nSPS) is 11.7. The number of rotatable bonds is 6. The van der Waals surface area contributed by atoms with Gasteiger partial charge in [-0.25, -0.2) is 13.7 Å². The van der Waals surface area contributed by atoms with E-state index in [-0.39, 0.29) is 21.3 Å². The van der Waals surface area contributed by atoms with Crippen molar-refractivity contribution in [3.05, 3.63) is 17.7 Å². The monoisotopic (exact) mass is 358 g/mol. The predicted molar refractivity (Wildman–Crippen MR) is 69.3 cm³/mol. The van der Waals surface area contributed by atoms with E-state index in [0.29, 0.717) is 22.9 Å². The van der Waals surface area contributed by atoms with E-state index < -0.39 is 9.84 Å². The summed E-state index contributed by atoms with van der Waals surface area (Å²) in [5, 5.41) is 21.4. The lowest BCUT2D eigenvalue weighted by Crippen LogP contribution is -2.09. The van der Waals surface area contributed by atoms with E-state index in [9.17, 15) is 13.5 Å². The molecule has 0 unspecified atom stereocenters. The number of sulfone groups is 1. The average Bonchev–Trinajstić information content (AvgIpc) is 2.29. The highest BCUT2D eigenvalue weighted by Gasteiger charge is 2.19. The Morgan fingerprint density at radius 1 is 1.44 bits per heavy atom. The quantitative estimate of drug-likeness (QED) is 0.348. The Morgan fingerprint density at radius 3 is 2.67 bits per heavy atom. The molecule has 0 aliphatic carbocycles. The van der Waals surface area contributed by atoms with Gasteiger partial charge >= 0.3 is 0 Å². The van der Waals surface area contributed by atoms with Crippen LogP contribution >= 0.6 is 28.0 Å². The van der Waals surface area contributed by atoms with Crippen LogP contribution in [0.25, 0.3) is 0 Å². The summed E-state index contributed by atoms with van der Waals surface area (Å²) in [6, 6.07) is 2.58. The van der Waals surface area contributed by atoms with Gasteiger partial charge in [0.05, 0.1) is 27.6 Å². The minimum Gasteiger partial charge on any atom is -0.507 e. The summed E-state index contributed by atoms with van der Waals surface area (Å²) in [6.45, 7) is 1.60. The molecule has 102 valence electrons. The fourth-order valence-electron chi connectivity index (χ4n) is 1.32. The lowest BCUT2D eigenvalue weighted by Gasteiger charge is -2.09. The number of phenols is 1. The molecule has 0 aromatic heterocycles. The van der Waals surface area contributed by atoms with Gasteiger partial charge in [0, 0.05) is 11.4 Å². The van der Waals surface area contributed by atoms with Crippen LogP contribution in [0.3, 0.4) is 0 Å². The van der Waals surface area contributed by atoms with Gasteiger partial charge < -0.3 is 5.11 Å². The molecule has 0 aliphatic heterocycles. The van der Waals surface area contributed by atoms with Gasteiger partial charge in [-0.2, -0.15) is 0 Å². The van der Waals surface area contributed by atoms with Gasteiger partial charge in [0.25, 0.3) is 0 Å². The average molecular weight is 359 g/mol. The smallest absolute Gasteiger partial charge is 0.179 e. The molecule has 6 nitrogen and oxygen atoms in total. The molecule has 0 atom stereocenters. The van der Waals surface area contributed by atoms with Crippen molar-refractivity contribution in [1.29, 1.82) is 0 Å². The molecule has 0 aliphatic rings. The third-order valence-electron chi connectivity index (χ3n) is 2.09. The van der Waals surface area contributed by atoms with Crippen LogP contribution in [0, 0.1) is 6.92 Å². The Balaban J connectivity index is 3.15. The number of aromatic hydroxyl groups is 1. The highest BCUT2D eigenvalue weighted by atomic mass is 79.9. The van der Waals surface area contributed by atoms with Gasteiger partial charge in [-0.15, -0.1) is 4.33 Å². The summed E-state index contributed by atoms with van der Waals surface area (Å²) in [4.78, 5) is 0.299. The van der Waals surface area contributed by atoms with Crippen molar-refractivity contribution in [2.75, 3.05) is 11.1 Å². The molecule has 18 heavy (non-hydrogen) atoms. The fraction of sp³-hybridized carbons (Fsp3) is 0.333. The lowest BCUT2D eigenvalue weighted by atomic mass is 10.2. The topological polar surface area (TPSA) is 93.1 Å². The van der Waals surface area contributed by atoms with Gasteiger partial charge in [0.1, 0.15) is 5.75 Å². The van der Waals surface area contributed by atoms with E-state index in [1.165, 1.54) is 6.07 Å². The van der Waals surface area contributed by atoms with Crippen molar-refractivity contribution in [1.82, 2.24) is 0 Å². The molecule has 0 saturated heterocycles. The van der Waals surface area contributed by atoms with E-state index >= 15 is 0 Å². The van der Waals surface area contributed by atoms with Crippen molar-refractivity contribution >= 4 is 37.8 Å². The number of hydrogen-bond donors (Lipinski definition) is 2. The maximum Gasteiger partial charge on any atom is 0.179 e. The summed E-state index contributed by atoms with van der Waals surface area (Å²) in [6.07, 6.45) is 0. The summed E-state index contributed by atoms with van der Waals surface area (Å²) in [7, 11) is -3.44. The van der Waals surface area contributed by atoms with Crippen molar-refractivity contribution in [3.8, 4) is 5.75 Å². The molecule has 0 fully saturated rings. The minimum absolute atomic E-state index is 0.0595. The number of halogens is 1. The van der Waals surface area contributed by atoms with E-state index in [1.807, 2.05) is 0 Å². The summed E-state index contributed by atoms with van der Waals surface area (Å²) >= 11 is 3.63. The van der Waals surface area contributed by atoms with Crippen LogP contribution in [0.5, 0.6) is 5.75 Å². The predicted octanol–water partition coefficient (Wildman–Crippen LogP) is 2.30. The van der Waals surface area contributed by atoms with E-state index in [4.69, 9.17) is 5.26 Å². The molecule has 1 aromatic rings. The zero-order valence-corrected chi connectivity index (χ0v) is 12.5. The Hall–Kier alpha value is -0.320. The van der Waals surface area contributed by atoms with E-state index in [0.717, 1.165) is 6.07 Å². The van der Waals surface area contributed by atoms with Crippen LogP contribution in [0.1, 0.15) is 5.56 Å². The molecule has 0 amide bonds. The molecular weight excluding hydrogens is 348 g/mol. The van der Waals surface area contributed by atoms with Gasteiger partial charge in [-0.3, -0.25) is 0 Å². The molecular formula is C9H11BrO6S2. The summed E-state index contributed by atoms with van der Waals surface area (Å²) < 4.78 is 28.0. The van der Waals surface area contributed by atoms with Crippen molar-refractivity contribution in [3.63, 3.8) is 0 Å². The number of benzene rings is 1. The molecule has 1 aromatic carbocycles. The van der Waals surface area contributed by atoms with Gasteiger partial charge in [0.15, 0.2) is 9.84 Å². The summed E-state index contributed by atoms with van der Waals surface area (Å²) in [5.41, 5.74) is 0.470. The second-order valence-electron chi connectivity index (χ2n) is 3.32. The first-order valence-corrected chi connectivity index (χ1v) is 8.21. The highest BCUT2D eigenvalue weighted by molar-refractivity contribution is 9.09. The molecule has 2 N–H and O–H groups in total. The Kier molecular flexibility index (Phi) is 5.89. The molecule has 1 rings (SSSR count). The Morgan fingerprint density at radius 2 is 2.11 bits per heavy atom. The largest absolute Gasteiger partial charge is 0.507 e. The molecule has 0 bridgehead atoms. The van der Waals surface area contributed by atoms with Crippen molar-refractivity contribution < 1.29 is 28.2 Å². The Bertz CT molecular complexity index is 516. The number of phenolic OH excluding ortho intramolecular Hbond substituents is 1. The van der Waals surface area contributed by atoms with Crippen LogP contribution in [0.15, 0.2) is 21.9 Å². The molecule has 0 heterocycles. The van der Waals surface area contributed by atoms with E-state index in [2.05, 4.69) is 25.3 Å². The van der Waals surface area contributed by atoms with Crippen molar-refractivity contribution in [2.24, 2.45) is 0 Å². The van der Waals surface area contributed by atoms with Crippen LogP contribution in [-0.2, 0) is 19.2 Å². The van der Waals surface area contributed by atoms with Gasteiger partial charge in [-0.05, 0) is 18.6 Å². The third-order valence-corrected chi connectivity index (χ3v) is 5.50. The minimum atomic E-state index is -3.44. The zero-order valence-electron chi connectivity index (χ0n) is 9.29. The molecule has 0 radical (unpaired) electrons.